The van der Waals surface area contributed by atoms with Gasteiger partial charge in [0.25, 0.3) is 0 Å². The van der Waals surface area contributed by atoms with Crippen molar-refractivity contribution in [3.63, 3.8) is 0 Å². The van der Waals surface area contributed by atoms with E-state index in [2.05, 4.69) is 10.4 Å². The number of hydrogen-bond donors (Lipinski definition) is 2. The van der Waals surface area contributed by atoms with Crippen LogP contribution in [0.15, 0.2) is 12.4 Å². The molecule has 1 heterocycles. The maximum absolute atomic E-state index is 12.1. The highest BCUT2D eigenvalue weighted by Crippen LogP contribution is 2.15. The summed E-state index contributed by atoms with van der Waals surface area (Å²) in [4.78, 5) is 12.3. The number of carbonyl (C=O) groups is 1. The molecule has 0 spiro atoms. The van der Waals surface area contributed by atoms with Gasteiger partial charge in [-0.1, -0.05) is 26.1 Å². The number of amides is 1. The van der Waals surface area contributed by atoms with Crippen LogP contribution in [0.3, 0.4) is 0 Å². The minimum atomic E-state index is -0.475. The van der Waals surface area contributed by atoms with E-state index in [9.17, 15) is 4.79 Å². The van der Waals surface area contributed by atoms with Gasteiger partial charge in [-0.2, -0.15) is 5.10 Å². The summed E-state index contributed by atoms with van der Waals surface area (Å²) in [5.74, 6) is -0.618. The van der Waals surface area contributed by atoms with Crippen LogP contribution in [0.2, 0.25) is 0 Å². The first-order chi connectivity index (χ1) is 8.95. The van der Waals surface area contributed by atoms with Crippen molar-refractivity contribution in [2.24, 2.45) is 17.6 Å². The van der Waals surface area contributed by atoms with E-state index in [1.165, 1.54) is 0 Å². The first-order valence-corrected chi connectivity index (χ1v) is 6.48. The van der Waals surface area contributed by atoms with Crippen LogP contribution in [0.25, 0.3) is 0 Å². The van der Waals surface area contributed by atoms with Gasteiger partial charge in [0, 0.05) is 13.3 Å². The molecule has 0 aliphatic rings. The van der Waals surface area contributed by atoms with Crippen LogP contribution < -0.4 is 11.1 Å². The topological polar surface area (TPSA) is 82.2 Å². The molecule has 0 aromatic carbocycles. The number of hydrogen-bond acceptors (Lipinski definition) is 4. The van der Waals surface area contributed by atoms with Gasteiger partial charge in [0.1, 0.15) is 0 Å². The predicted octanol–water partition coefficient (Wildman–Crippen LogP) is 1.03. The third-order valence-electron chi connectivity index (χ3n) is 2.68. The summed E-state index contributed by atoms with van der Waals surface area (Å²) in [7, 11) is 1.63. The summed E-state index contributed by atoms with van der Waals surface area (Å²) in [5.41, 5.74) is 6.22. The number of nitrogens with zero attached hydrogens (tertiary/aromatic N) is 2. The number of ether oxygens (including phenoxy) is 1. The summed E-state index contributed by atoms with van der Waals surface area (Å²) in [6, 6.07) is 0. The monoisotopic (exact) mass is 284 g/mol. The molecule has 1 aromatic rings. The van der Waals surface area contributed by atoms with Crippen LogP contribution in [0.5, 0.6) is 0 Å². The number of rotatable bonds is 7. The van der Waals surface area contributed by atoms with Crippen molar-refractivity contribution in [2.45, 2.75) is 20.4 Å². The van der Waals surface area contributed by atoms with Crippen molar-refractivity contribution in [3.05, 3.63) is 12.4 Å². The first-order valence-electron chi connectivity index (χ1n) is 6.07. The fourth-order valence-electron chi connectivity index (χ4n) is 1.72. The Labute approximate surface area is 118 Å². The van der Waals surface area contributed by atoms with Crippen LogP contribution in [-0.4, -0.2) is 34.4 Å². The Bertz CT molecular complexity index is 445. The second kappa shape index (κ2) is 7.20. The molecule has 1 atom stereocenters. The van der Waals surface area contributed by atoms with Crippen molar-refractivity contribution in [1.29, 1.82) is 0 Å². The van der Waals surface area contributed by atoms with Gasteiger partial charge in [0.15, 0.2) is 0 Å². The van der Waals surface area contributed by atoms with Gasteiger partial charge >= 0.3 is 0 Å². The van der Waals surface area contributed by atoms with E-state index in [-0.39, 0.29) is 16.8 Å². The summed E-state index contributed by atoms with van der Waals surface area (Å²) in [6.07, 6.45) is 3.33. The lowest BCUT2D eigenvalue weighted by atomic mass is 9.95. The minimum absolute atomic E-state index is 0.0565. The largest absolute Gasteiger partial charge is 0.393 e. The fourth-order valence-corrected chi connectivity index (χ4v) is 2.09. The normalized spacial score (nSPS) is 12.4. The SMILES string of the molecule is COCCn1cc(NC(=O)C(C(N)=S)C(C)C)cn1. The van der Waals surface area contributed by atoms with E-state index in [1.54, 1.807) is 24.2 Å². The average molecular weight is 284 g/mol. The molecular formula is C12H20N4O2S. The lowest BCUT2D eigenvalue weighted by Gasteiger charge is -2.18. The van der Waals surface area contributed by atoms with Crippen molar-refractivity contribution in [3.8, 4) is 0 Å². The lowest BCUT2D eigenvalue weighted by molar-refractivity contribution is -0.118. The van der Waals surface area contributed by atoms with Gasteiger partial charge in [-0.25, -0.2) is 0 Å². The molecule has 0 fully saturated rings. The summed E-state index contributed by atoms with van der Waals surface area (Å²) in [6.45, 7) is 5.02. The minimum Gasteiger partial charge on any atom is -0.393 e. The molecule has 0 saturated carbocycles. The second-order valence-corrected chi connectivity index (χ2v) is 5.07. The van der Waals surface area contributed by atoms with E-state index in [0.717, 1.165) is 0 Å². The Hall–Kier alpha value is -1.47. The zero-order chi connectivity index (χ0) is 14.4. The number of carbonyl (C=O) groups excluding carboxylic acids is 1. The molecule has 6 nitrogen and oxygen atoms in total. The number of aromatic nitrogens is 2. The summed E-state index contributed by atoms with van der Waals surface area (Å²) >= 11 is 4.93. The van der Waals surface area contributed by atoms with E-state index in [4.69, 9.17) is 22.7 Å². The molecule has 7 heteroatoms. The molecule has 0 aliphatic heterocycles. The van der Waals surface area contributed by atoms with Crippen LogP contribution in [-0.2, 0) is 16.1 Å². The molecule has 19 heavy (non-hydrogen) atoms. The molecule has 0 radical (unpaired) electrons. The highest BCUT2D eigenvalue weighted by Gasteiger charge is 2.25. The molecular weight excluding hydrogens is 264 g/mol. The zero-order valence-corrected chi connectivity index (χ0v) is 12.2. The summed E-state index contributed by atoms with van der Waals surface area (Å²) in [5, 5.41) is 6.88. The van der Waals surface area contributed by atoms with Gasteiger partial charge < -0.3 is 15.8 Å². The third-order valence-corrected chi connectivity index (χ3v) is 2.93. The number of nitrogens with two attached hydrogens (primary N) is 1. The highest BCUT2D eigenvalue weighted by atomic mass is 32.1. The van der Waals surface area contributed by atoms with Gasteiger partial charge in [-0.3, -0.25) is 9.48 Å². The van der Waals surface area contributed by atoms with Crippen LogP contribution in [0, 0.1) is 11.8 Å². The van der Waals surface area contributed by atoms with Crippen LogP contribution in [0.4, 0.5) is 5.69 Å². The fraction of sp³-hybridized carbons (Fsp3) is 0.583. The van der Waals surface area contributed by atoms with E-state index >= 15 is 0 Å². The maximum atomic E-state index is 12.1. The molecule has 1 aromatic heterocycles. The number of thiocarbonyl (C=S) groups is 1. The van der Waals surface area contributed by atoms with Crippen LogP contribution >= 0.6 is 12.2 Å². The number of nitrogens with one attached hydrogen (secondary N) is 1. The molecule has 3 N–H and O–H groups in total. The van der Waals surface area contributed by atoms with Crippen LogP contribution in [0.1, 0.15) is 13.8 Å². The number of methoxy groups -OCH3 is 1. The first kappa shape index (κ1) is 15.6. The standard InChI is InChI=1S/C12H20N4O2S/c1-8(2)10(11(13)19)12(17)15-9-6-14-16(7-9)4-5-18-3/h6-8,10H,4-5H2,1-3H3,(H2,13,19)(H,15,17). The molecule has 0 aliphatic carbocycles. The van der Waals surface area contributed by atoms with Gasteiger partial charge in [-0.15, -0.1) is 0 Å². The van der Waals surface area contributed by atoms with Crippen molar-refractivity contribution in [1.82, 2.24) is 9.78 Å². The van der Waals surface area contributed by atoms with Gasteiger partial charge in [0.2, 0.25) is 5.91 Å². The predicted molar refractivity (Wildman–Crippen MR) is 77.8 cm³/mol. The van der Waals surface area contributed by atoms with Crippen molar-refractivity contribution in [2.75, 3.05) is 19.0 Å². The molecule has 0 saturated heterocycles. The Morgan fingerprint density at radius 1 is 1.63 bits per heavy atom. The number of anilines is 1. The summed E-state index contributed by atoms with van der Waals surface area (Å²) < 4.78 is 6.65. The quantitative estimate of drug-likeness (QED) is 0.731. The van der Waals surface area contributed by atoms with E-state index in [0.29, 0.717) is 18.8 Å². The van der Waals surface area contributed by atoms with Crippen molar-refractivity contribution < 1.29 is 9.53 Å². The molecule has 1 unspecified atom stereocenters. The third kappa shape index (κ3) is 4.60. The highest BCUT2D eigenvalue weighted by molar-refractivity contribution is 7.80. The average Bonchev–Trinajstić information content (AvgIpc) is 2.72. The maximum Gasteiger partial charge on any atom is 0.234 e. The second-order valence-electron chi connectivity index (χ2n) is 4.60. The van der Waals surface area contributed by atoms with Gasteiger partial charge in [-0.05, 0) is 5.92 Å². The molecule has 1 rings (SSSR count). The zero-order valence-electron chi connectivity index (χ0n) is 11.4. The Morgan fingerprint density at radius 3 is 2.84 bits per heavy atom. The Morgan fingerprint density at radius 2 is 2.32 bits per heavy atom. The molecule has 106 valence electrons. The van der Waals surface area contributed by atoms with E-state index < -0.39 is 5.92 Å². The molecule has 0 bridgehead atoms. The molecule has 1 amide bonds. The Kier molecular flexibility index (Phi) is 5.91. The van der Waals surface area contributed by atoms with Gasteiger partial charge in [0.05, 0.1) is 35.9 Å². The van der Waals surface area contributed by atoms with E-state index in [1.807, 2.05) is 13.8 Å². The smallest absolute Gasteiger partial charge is 0.234 e. The Balaban J connectivity index is 2.65. The van der Waals surface area contributed by atoms with Crippen molar-refractivity contribution >= 4 is 28.8 Å². The lowest BCUT2D eigenvalue weighted by Crippen LogP contribution is -2.36.